The molecule has 1 atom stereocenters. The average molecular weight is 358 g/mol. The Balaban J connectivity index is 3.76. The zero-order valence-electron chi connectivity index (χ0n) is 14.9. The van der Waals surface area contributed by atoms with Crippen LogP contribution in [0.3, 0.4) is 0 Å². The summed E-state index contributed by atoms with van der Waals surface area (Å²) in [6, 6.07) is 0. The number of carbonyl (C=O) groups is 3. The van der Waals surface area contributed by atoms with Crippen molar-refractivity contribution >= 4 is 30.3 Å². The van der Waals surface area contributed by atoms with Crippen LogP contribution >= 0.6 is 12.6 Å². The van der Waals surface area contributed by atoms with E-state index in [4.69, 9.17) is 0 Å². The van der Waals surface area contributed by atoms with E-state index in [1.165, 1.54) is 44.9 Å². The molecule has 0 bridgehead atoms. The van der Waals surface area contributed by atoms with Gasteiger partial charge in [0.1, 0.15) is 0 Å². The Hall–Kier alpha value is -1.30. The summed E-state index contributed by atoms with van der Waals surface area (Å²) in [6.07, 6.45) is 10.5. The molecule has 0 radical (unpaired) electrons. The molecular weight excluding hydrogens is 326 g/mol. The molecule has 1 unspecified atom stereocenters. The van der Waals surface area contributed by atoms with Gasteiger partial charge in [0, 0.05) is 30.7 Å². The van der Waals surface area contributed by atoms with E-state index in [0.29, 0.717) is 13.0 Å². The number of unbranched alkanes of at least 4 members (excludes halogenated alkanes) is 5. The lowest BCUT2D eigenvalue weighted by molar-refractivity contribution is -0.140. The van der Waals surface area contributed by atoms with Gasteiger partial charge in [-0.05, 0) is 18.9 Å². The van der Waals surface area contributed by atoms with E-state index >= 15 is 0 Å². The summed E-state index contributed by atoms with van der Waals surface area (Å²) in [5, 5.41) is 2.56. The van der Waals surface area contributed by atoms with Crippen molar-refractivity contribution in [2.24, 2.45) is 0 Å². The third-order valence-corrected chi connectivity index (χ3v) is 4.04. The molecule has 0 aliphatic rings. The van der Waals surface area contributed by atoms with Crippen LogP contribution in [0.4, 0.5) is 0 Å². The molecule has 0 saturated carbocycles. The molecule has 138 valence electrons. The number of methoxy groups -OCH3 is 1. The Bertz CT molecular complexity index is 410. The summed E-state index contributed by atoms with van der Waals surface area (Å²) >= 11 is 4.27. The zero-order chi connectivity index (χ0) is 18.2. The number of carbonyl (C=O) groups excluding carboxylic acids is 3. The summed E-state index contributed by atoms with van der Waals surface area (Å²) in [5.74, 6) is -0.733. The van der Waals surface area contributed by atoms with Crippen molar-refractivity contribution in [2.75, 3.05) is 13.7 Å². The zero-order valence-corrected chi connectivity index (χ0v) is 15.8. The van der Waals surface area contributed by atoms with Crippen LogP contribution in [0, 0.1) is 0 Å². The molecule has 0 spiro atoms. The quantitative estimate of drug-likeness (QED) is 0.217. The number of hydrogen-bond donors (Lipinski definition) is 2. The molecule has 0 fully saturated rings. The predicted octanol–water partition coefficient (Wildman–Crippen LogP) is 3.23. The van der Waals surface area contributed by atoms with Crippen molar-refractivity contribution in [3.8, 4) is 0 Å². The largest absolute Gasteiger partial charge is 0.469 e. The normalized spacial score (nSPS) is 12.1. The second kappa shape index (κ2) is 15.2. The Morgan fingerprint density at radius 3 is 2.42 bits per heavy atom. The van der Waals surface area contributed by atoms with Crippen LogP contribution in [0.25, 0.3) is 0 Å². The van der Waals surface area contributed by atoms with E-state index < -0.39 is 0 Å². The minimum absolute atomic E-state index is 0.172. The van der Waals surface area contributed by atoms with Crippen molar-refractivity contribution in [1.29, 1.82) is 0 Å². The Labute approximate surface area is 151 Å². The van der Waals surface area contributed by atoms with Crippen LogP contribution in [0.2, 0.25) is 0 Å². The van der Waals surface area contributed by atoms with Gasteiger partial charge in [-0.2, -0.15) is 12.6 Å². The van der Waals surface area contributed by atoms with E-state index in [0.717, 1.165) is 12.8 Å². The molecule has 0 saturated heterocycles. The summed E-state index contributed by atoms with van der Waals surface area (Å²) < 4.78 is 4.53. The van der Waals surface area contributed by atoms with Crippen molar-refractivity contribution in [3.05, 3.63) is 12.2 Å². The van der Waals surface area contributed by atoms with Crippen molar-refractivity contribution in [2.45, 2.75) is 70.0 Å². The highest BCUT2D eigenvalue weighted by molar-refractivity contribution is 7.81. The van der Waals surface area contributed by atoms with E-state index in [-0.39, 0.29) is 35.8 Å². The number of nitrogens with one attached hydrogen (secondary N) is 1. The minimum Gasteiger partial charge on any atom is -0.469 e. The number of allylic oxidation sites excluding steroid dienone is 1. The third kappa shape index (κ3) is 14.3. The van der Waals surface area contributed by atoms with Gasteiger partial charge in [0.2, 0.25) is 5.91 Å². The first-order valence-electron chi connectivity index (χ1n) is 8.73. The minimum atomic E-state index is -0.314. The molecule has 0 heterocycles. The number of esters is 1. The summed E-state index contributed by atoms with van der Waals surface area (Å²) in [6.45, 7) is 2.82. The van der Waals surface area contributed by atoms with Crippen molar-refractivity contribution in [3.63, 3.8) is 0 Å². The van der Waals surface area contributed by atoms with E-state index in [2.05, 4.69) is 29.6 Å². The fourth-order valence-corrected chi connectivity index (χ4v) is 2.44. The summed E-state index contributed by atoms with van der Waals surface area (Å²) in [7, 11) is 1.33. The first-order chi connectivity index (χ1) is 11.5. The lowest BCUT2D eigenvalue weighted by Crippen LogP contribution is -2.22. The van der Waals surface area contributed by atoms with Gasteiger partial charge in [0.15, 0.2) is 5.78 Å². The monoisotopic (exact) mass is 357 g/mol. The molecule has 1 amide bonds. The highest BCUT2D eigenvalue weighted by Gasteiger charge is 2.10. The molecule has 0 aromatic carbocycles. The lowest BCUT2D eigenvalue weighted by atomic mass is 10.1. The van der Waals surface area contributed by atoms with Gasteiger partial charge >= 0.3 is 5.97 Å². The Kier molecular flexibility index (Phi) is 14.4. The second-order valence-corrected chi connectivity index (χ2v) is 6.56. The smallest absolute Gasteiger partial charge is 0.305 e. The third-order valence-electron chi connectivity index (χ3n) is 3.60. The fraction of sp³-hybridized carbons (Fsp3) is 0.722. The molecule has 0 rings (SSSR count). The van der Waals surface area contributed by atoms with Crippen LogP contribution in [0.1, 0.15) is 64.7 Å². The first-order valence-corrected chi connectivity index (χ1v) is 9.24. The van der Waals surface area contributed by atoms with Gasteiger partial charge < -0.3 is 10.1 Å². The molecule has 24 heavy (non-hydrogen) atoms. The van der Waals surface area contributed by atoms with Gasteiger partial charge in [-0.3, -0.25) is 14.4 Å². The van der Waals surface area contributed by atoms with Crippen LogP contribution in [0.15, 0.2) is 12.2 Å². The van der Waals surface area contributed by atoms with Gasteiger partial charge in [-0.25, -0.2) is 0 Å². The van der Waals surface area contributed by atoms with Crippen molar-refractivity contribution < 1.29 is 19.1 Å². The molecule has 1 N–H and O–H groups in total. The number of ether oxygens (including phenoxy) is 1. The predicted molar refractivity (Wildman–Crippen MR) is 99.2 cm³/mol. The average Bonchev–Trinajstić information content (AvgIpc) is 2.57. The van der Waals surface area contributed by atoms with Crippen LogP contribution in [0.5, 0.6) is 0 Å². The second-order valence-electron chi connectivity index (χ2n) is 5.83. The Morgan fingerprint density at radius 2 is 1.75 bits per heavy atom. The fourth-order valence-electron chi connectivity index (χ4n) is 2.13. The number of rotatable bonds is 14. The standard InChI is InChI=1S/C18H31NO4S/c1-3-4-5-6-7-8-13-19-17(21)11-9-15(20)14-16(24)10-12-18(22)23-2/h9,11,16,24H,3-8,10,12-14H2,1-2H3,(H,19,21). The maximum absolute atomic E-state index is 11.7. The molecule has 0 aliphatic heterocycles. The van der Waals surface area contributed by atoms with Crippen LogP contribution < -0.4 is 5.32 Å². The van der Waals surface area contributed by atoms with E-state index in [9.17, 15) is 14.4 Å². The van der Waals surface area contributed by atoms with Gasteiger partial charge in [0.25, 0.3) is 0 Å². The van der Waals surface area contributed by atoms with E-state index in [1.807, 2.05) is 0 Å². The number of hydrogen-bond acceptors (Lipinski definition) is 5. The van der Waals surface area contributed by atoms with Crippen LogP contribution in [-0.2, 0) is 19.1 Å². The molecule has 5 nitrogen and oxygen atoms in total. The highest BCUT2D eigenvalue weighted by Crippen LogP contribution is 2.11. The van der Waals surface area contributed by atoms with E-state index in [1.54, 1.807) is 0 Å². The van der Waals surface area contributed by atoms with Crippen LogP contribution in [-0.4, -0.2) is 36.6 Å². The number of ketones is 1. The molecular formula is C18H31NO4S. The molecule has 0 aromatic rings. The SMILES string of the molecule is CCCCCCCCNC(=O)C=CC(=O)CC(S)CCC(=O)OC. The topological polar surface area (TPSA) is 72.5 Å². The molecule has 6 heteroatoms. The number of thiol groups is 1. The van der Waals surface area contributed by atoms with Gasteiger partial charge in [0.05, 0.1) is 7.11 Å². The molecule has 0 aliphatic carbocycles. The maximum Gasteiger partial charge on any atom is 0.305 e. The summed E-state index contributed by atoms with van der Waals surface area (Å²) in [5.41, 5.74) is 0. The van der Waals surface area contributed by atoms with Gasteiger partial charge in [-0.1, -0.05) is 39.0 Å². The number of amides is 1. The highest BCUT2D eigenvalue weighted by atomic mass is 32.1. The van der Waals surface area contributed by atoms with Crippen molar-refractivity contribution in [1.82, 2.24) is 5.32 Å². The Morgan fingerprint density at radius 1 is 1.08 bits per heavy atom. The van der Waals surface area contributed by atoms with Gasteiger partial charge in [-0.15, -0.1) is 0 Å². The summed E-state index contributed by atoms with van der Waals surface area (Å²) in [4.78, 5) is 34.3. The maximum atomic E-state index is 11.7. The lowest BCUT2D eigenvalue weighted by Gasteiger charge is -2.07. The molecule has 0 aromatic heterocycles. The first kappa shape index (κ1) is 22.7.